The lowest BCUT2D eigenvalue weighted by atomic mass is 9.94. The van der Waals surface area contributed by atoms with Crippen molar-refractivity contribution in [1.82, 2.24) is 10.4 Å². The predicted octanol–water partition coefficient (Wildman–Crippen LogP) is 2.73. The highest BCUT2D eigenvalue weighted by atomic mass is 16.5. The summed E-state index contributed by atoms with van der Waals surface area (Å²) in [6.45, 7) is 2.00. The first kappa shape index (κ1) is 13.3. The molecular formula is C16H15N3O2. The van der Waals surface area contributed by atoms with Crippen LogP contribution in [-0.2, 0) is 4.79 Å². The average Bonchev–Trinajstić information content (AvgIpc) is 2.49. The summed E-state index contributed by atoms with van der Waals surface area (Å²) in [5, 5.41) is 4.14. The molecule has 1 aromatic carbocycles. The number of aromatic nitrogens is 1. The van der Waals surface area contributed by atoms with Crippen LogP contribution in [0.5, 0.6) is 11.6 Å². The van der Waals surface area contributed by atoms with E-state index in [2.05, 4.69) is 15.5 Å². The summed E-state index contributed by atoms with van der Waals surface area (Å²) in [5.74, 6) is 1.34. The molecule has 0 saturated heterocycles. The number of pyridine rings is 1. The van der Waals surface area contributed by atoms with Gasteiger partial charge in [-0.2, -0.15) is 5.10 Å². The van der Waals surface area contributed by atoms with E-state index in [4.69, 9.17) is 4.74 Å². The van der Waals surface area contributed by atoms with Crippen LogP contribution in [0.15, 0.2) is 53.8 Å². The van der Waals surface area contributed by atoms with E-state index in [1.54, 1.807) is 12.3 Å². The molecule has 0 fully saturated rings. The normalized spacial score (nSPS) is 17.9. The van der Waals surface area contributed by atoms with Crippen molar-refractivity contribution in [3.05, 3.63) is 54.2 Å². The second-order valence-electron chi connectivity index (χ2n) is 4.93. The van der Waals surface area contributed by atoms with Gasteiger partial charge < -0.3 is 4.74 Å². The number of ether oxygens (including phenoxy) is 1. The number of amides is 1. The second-order valence-corrected chi connectivity index (χ2v) is 4.93. The van der Waals surface area contributed by atoms with Crippen molar-refractivity contribution in [3.8, 4) is 11.6 Å². The topological polar surface area (TPSA) is 63.6 Å². The molecule has 1 aromatic heterocycles. The van der Waals surface area contributed by atoms with Gasteiger partial charge in [0.25, 0.3) is 0 Å². The van der Waals surface area contributed by atoms with Crippen LogP contribution in [0.3, 0.4) is 0 Å². The Bertz CT molecular complexity index is 666. The van der Waals surface area contributed by atoms with E-state index in [0.717, 1.165) is 11.3 Å². The minimum absolute atomic E-state index is 0.0404. The van der Waals surface area contributed by atoms with Gasteiger partial charge in [-0.3, -0.25) is 4.79 Å². The van der Waals surface area contributed by atoms with Gasteiger partial charge in [-0.05, 0) is 35.9 Å². The molecule has 1 amide bonds. The third kappa shape index (κ3) is 3.08. The lowest BCUT2D eigenvalue weighted by Crippen LogP contribution is -2.31. The summed E-state index contributed by atoms with van der Waals surface area (Å²) in [7, 11) is 0. The van der Waals surface area contributed by atoms with E-state index in [1.807, 2.05) is 43.3 Å². The third-order valence-electron chi connectivity index (χ3n) is 3.27. The van der Waals surface area contributed by atoms with Crippen LogP contribution in [0.2, 0.25) is 0 Å². The molecule has 0 bridgehead atoms. The van der Waals surface area contributed by atoms with Gasteiger partial charge in [0.05, 0.1) is 5.71 Å². The Morgan fingerprint density at radius 1 is 1.19 bits per heavy atom. The SMILES string of the molecule is CC1CC(=O)NN=C1c1ccc(Oc2ccccn2)cc1. The maximum Gasteiger partial charge on any atom is 0.240 e. The number of hydrogen-bond acceptors (Lipinski definition) is 4. The van der Waals surface area contributed by atoms with E-state index in [-0.39, 0.29) is 11.8 Å². The van der Waals surface area contributed by atoms with Gasteiger partial charge in [0, 0.05) is 24.6 Å². The minimum atomic E-state index is -0.0404. The number of hydrazone groups is 1. The van der Waals surface area contributed by atoms with E-state index >= 15 is 0 Å². The predicted molar refractivity (Wildman–Crippen MR) is 79.2 cm³/mol. The molecule has 106 valence electrons. The molecule has 2 aromatic rings. The Labute approximate surface area is 122 Å². The van der Waals surface area contributed by atoms with Crippen LogP contribution in [0.25, 0.3) is 0 Å². The Morgan fingerprint density at radius 3 is 2.67 bits per heavy atom. The Kier molecular flexibility index (Phi) is 3.64. The molecule has 5 nitrogen and oxygen atoms in total. The van der Waals surface area contributed by atoms with Crippen molar-refractivity contribution in [2.75, 3.05) is 0 Å². The van der Waals surface area contributed by atoms with Crippen molar-refractivity contribution in [2.45, 2.75) is 13.3 Å². The van der Waals surface area contributed by atoms with Crippen LogP contribution < -0.4 is 10.2 Å². The van der Waals surface area contributed by atoms with Gasteiger partial charge in [-0.15, -0.1) is 0 Å². The van der Waals surface area contributed by atoms with Gasteiger partial charge in [-0.25, -0.2) is 10.4 Å². The van der Waals surface area contributed by atoms with Gasteiger partial charge in [0.15, 0.2) is 0 Å². The van der Waals surface area contributed by atoms with Crippen molar-refractivity contribution in [3.63, 3.8) is 0 Å². The molecule has 5 heteroatoms. The standard InChI is InChI=1S/C16H15N3O2/c1-11-10-14(20)18-19-16(11)12-5-7-13(8-6-12)21-15-4-2-3-9-17-15/h2-9,11H,10H2,1H3,(H,18,20). The molecular weight excluding hydrogens is 266 g/mol. The maximum absolute atomic E-state index is 11.3. The van der Waals surface area contributed by atoms with E-state index in [9.17, 15) is 4.79 Å². The number of nitrogens with one attached hydrogen (secondary N) is 1. The van der Waals surface area contributed by atoms with Gasteiger partial charge in [-0.1, -0.05) is 13.0 Å². The van der Waals surface area contributed by atoms with E-state index in [1.165, 1.54) is 0 Å². The Hall–Kier alpha value is -2.69. The number of carbonyl (C=O) groups excluding carboxylic acids is 1. The number of carbonyl (C=O) groups is 1. The van der Waals surface area contributed by atoms with Gasteiger partial charge in [0.2, 0.25) is 11.8 Å². The Balaban J connectivity index is 1.77. The number of rotatable bonds is 3. The van der Waals surface area contributed by atoms with Crippen LogP contribution in [0, 0.1) is 5.92 Å². The summed E-state index contributed by atoms with van der Waals surface area (Å²) in [5.41, 5.74) is 4.39. The smallest absolute Gasteiger partial charge is 0.240 e. The first-order valence-corrected chi connectivity index (χ1v) is 6.78. The molecule has 21 heavy (non-hydrogen) atoms. The number of nitrogens with zero attached hydrogens (tertiary/aromatic N) is 2. The van der Waals surface area contributed by atoms with Crippen LogP contribution >= 0.6 is 0 Å². The highest BCUT2D eigenvalue weighted by molar-refractivity contribution is 6.05. The largest absolute Gasteiger partial charge is 0.439 e. The zero-order valence-corrected chi connectivity index (χ0v) is 11.6. The molecule has 0 saturated carbocycles. The van der Waals surface area contributed by atoms with Gasteiger partial charge in [0.1, 0.15) is 5.75 Å². The fourth-order valence-electron chi connectivity index (χ4n) is 2.22. The summed E-state index contributed by atoms with van der Waals surface area (Å²) < 4.78 is 5.64. The summed E-state index contributed by atoms with van der Waals surface area (Å²) in [6.07, 6.45) is 2.15. The summed E-state index contributed by atoms with van der Waals surface area (Å²) in [4.78, 5) is 15.4. The summed E-state index contributed by atoms with van der Waals surface area (Å²) >= 11 is 0. The molecule has 0 aliphatic carbocycles. The monoisotopic (exact) mass is 281 g/mol. The molecule has 3 rings (SSSR count). The molecule has 1 unspecified atom stereocenters. The number of hydrogen-bond donors (Lipinski definition) is 1. The van der Waals surface area contributed by atoms with Crippen LogP contribution in [0.4, 0.5) is 0 Å². The van der Waals surface area contributed by atoms with Crippen LogP contribution in [-0.4, -0.2) is 16.6 Å². The second kappa shape index (κ2) is 5.75. The number of benzene rings is 1. The lowest BCUT2D eigenvalue weighted by molar-refractivity contribution is -0.121. The highest BCUT2D eigenvalue weighted by Crippen LogP contribution is 2.22. The van der Waals surface area contributed by atoms with Crippen LogP contribution in [0.1, 0.15) is 18.9 Å². The van der Waals surface area contributed by atoms with E-state index < -0.39 is 0 Å². The molecule has 2 heterocycles. The molecule has 1 atom stereocenters. The molecule has 1 N–H and O–H groups in total. The first-order valence-electron chi connectivity index (χ1n) is 6.78. The minimum Gasteiger partial charge on any atom is -0.439 e. The first-order chi connectivity index (χ1) is 10.2. The molecule has 0 radical (unpaired) electrons. The third-order valence-corrected chi connectivity index (χ3v) is 3.27. The zero-order chi connectivity index (χ0) is 14.7. The maximum atomic E-state index is 11.3. The lowest BCUT2D eigenvalue weighted by Gasteiger charge is -2.19. The zero-order valence-electron chi connectivity index (χ0n) is 11.6. The molecule has 1 aliphatic heterocycles. The van der Waals surface area contributed by atoms with Crippen molar-refractivity contribution >= 4 is 11.6 Å². The van der Waals surface area contributed by atoms with Crippen molar-refractivity contribution in [1.29, 1.82) is 0 Å². The molecule has 0 spiro atoms. The fourth-order valence-corrected chi connectivity index (χ4v) is 2.22. The fraction of sp³-hybridized carbons (Fsp3) is 0.188. The summed E-state index contributed by atoms with van der Waals surface area (Å²) in [6, 6.07) is 13.1. The Morgan fingerprint density at radius 2 is 2.00 bits per heavy atom. The van der Waals surface area contributed by atoms with Crippen molar-refractivity contribution < 1.29 is 9.53 Å². The highest BCUT2D eigenvalue weighted by Gasteiger charge is 2.21. The van der Waals surface area contributed by atoms with E-state index in [0.29, 0.717) is 18.1 Å². The molecule has 1 aliphatic rings. The quantitative estimate of drug-likeness (QED) is 0.940. The average molecular weight is 281 g/mol. The van der Waals surface area contributed by atoms with Gasteiger partial charge >= 0.3 is 0 Å². The van der Waals surface area contributed by atoms with Crippen molar-refractivity contribution in [2.24, 2.45) is 11.0 Å².